The van der Waals surface area contributed by atoms with Gasteiger partial charge in [0, 0.05) is 5.33 Å². The first-order valence-corrected chi connectivity index (χ1v) is 18.1. The number of nitrogens with one attached hydrogen (secondary N) is 1. The van der Waals surface area contributed by atoms with Gasteiger partial charge in [-0.15, -0.1) is 0 Å². The lowest BCUT2D eigenvalue weighted by Gasteiger charge is -2.72. The van der Waals surface area contributed by atoms with E-state index in [0.29, 0.717) is 24.2 Å². The minimum absolute atomic E-state index is 0.0153. The third-order valence-electron chi connectivity index (χ3n) is 14.9. The molecule has 0 radical (unpaired) electrons. The molecule has 5 aliphatic rings. The van der Waals surface area contributed by atoms with Gasteiger partial charge >= 0.3 is 5.97 Å². The molecular weight excluding hydrogens is 590 g/mol. The third kappa shape index (κ3) is 4.52. The Hall–Kier alpha value is -0.880. The quantitative estimate of drug-likeness (QED) is 0.193. The summed E-state index contributed by atoms with van der Waals surface area (Å²) in [5.74, 6) is 1.28. The van der Waals surface area contributed by atoms with Gasteiger partial charge in [-0.2, -0.15) is 0 Å². The summed E-state index contributed by atoms with van der Waals surface area (Å²) in [6.45, 7) is 20.9. The molecule has 0 heterocycles. The summed E-state index contributed by atoms with van der Waals surface area (Å²) in [6.07, 6.45) is 10.5. The minimum Gasteiger partial charge on any atom is -0.480 e. The summed E-state index contributed by atoms with van der Waals surface area (Å²) >= 11 is 3.71. The van der Waals surface area contributed by atoms with Crippen LogP contribution >= 0.6 is 15.9 Å². The van der Waals surface area contributed by atoms with E-state index in [1.165, 1.54) is 24.8 Å². The highest BCUT2D eigenvalue weighted by Gasteiger charge is 2.72. The molecule has 6 heteroatoms. The lowest BCUT2D eigenvalue weighted by molar-refractivity contribution is -0.246. The van der Waals surface area contributed by atoms with E-state index >= 15 is 0 Å². The van der Waals surface area contributed by atoms with Crippen LogP contribution in [-0.4, -0.2) is 39.6 Å². The van der Waals surface area contributed by atoms with Gasteiger partial charge in [-0.1, -0.05) is 76.5 Å². The van der Waals surface area contributed by atoms with Crippen molar-refractivity contribution in [3.8, 4) is 0 Å². The molecular formula is C36H58BrNO4. The van der Waals surface area contributed by atoms with Crippen molar-refractivity contribution in [3.05, 3.63) is 12.2 Å². The second-order valence-corrected chi connectivity index (χ2v) is 17.7. The average molecular weight is 649 g/mol. The van der Waals surface area contributed by atoms with Crippen LogP contribution in [0.2, 0.25) is 0 Å². The summed E-state index contributed by atoms with van der Waals surface area (Å²) in [5, 5.41) is 24.9. The standard InChI is InChI=1S/C36H58BrNO4/c1-21(2)19-25(30(40)41)38-31(42)36-16-11-23(22(3)20-37)29(36)24-9-10-27-33(6)14-13-28(39)32(4,5)26(33)12-15-35(27,8)34(24,7)17-18-36/h21,23-29,39H,3,9-20H2,1-2,4-8H3,(H,38,42)(H,40,41)/t23-,24+,25-,26-,27+,28-,29+,33-,34+,35+,36-/m0/s1. The highest BCUT2D eigenvalue weighted by molar-refractivity contribution is 9.09. The Labute approximate surface area is 263 Å². The summed E-state index contributed by atoms with van der Waals surface area (Å²) in [5.41, 5.74) is 1.11. The van der Waals surface area contributed by atoms with E-state index in [-0.39, 0.29) is 51.4 Å². The number of rotatable bonds is 7. The number of alkyl halides is 1. The van der Waals surface area contributed by atoms with Gasteiger partial charge in [0.2, 0.25) is 5.91 Å². The number of carbonyl (C=O) groups is 2. The summed E-state index contributed by atoms with van der Waals surface area (Å²) in [6, 6.07) is -0.840. The van der Waals surface area contributed by atoms with E-state index in [1.54, 1.807) is 0 Å². The van der Waals surface area contributed by atoms with Gasteiger partial charge < -0.3 is 15.5 Å². The zero-order valence-corrected chi connectivity index (χ0v) is 29.0. The monoisotopic (exact) mass is 647 g/mol. The fourth-order valence-electron chi connectivity index (χ4n) is 12.5. The second kappa shape index (κ2) is 10.9. The number of amides is 1. The SMILES string of the molecule is C=C(CBr)[C@@H]1CC[C@]2(C(=O)N[C@@H](CC(C)C)C(=O)O)CC[C@]3(C)[C@H](CC[C@@H]4[C@@]5(C)CC[C@H](O)C(C)(C)[C@@H]5CC[C@]43C)[C@@H]12. The molecule has 5 nitrogen and oxygen atoms in total. The number of hydrogen-bond donors (Lipinski definition) is 3. The number of hydrogen-bond acceptors (Lipinski definition) is 3. The topological polar surface area (TPSA) is 86.6 Å². The Balaban J connectivity index is 1.52. The molecule has 0 aromatic carbocycles. The van der Waals surface area contributed by atoms with Crippen LogP contribution in [0, 0.1) is 62.6 Å². The van der Waals surface area contributed by atoms with Gasteiger partial charge in [-0.05, 0) is 128 Å². The molecule has 3 N–H and O–H groups in total. The fourth-order valence-corrected chi connectivity index (χ4v) is 12.9. The number of halogens is 1. The molecule has 238 valence electrons. The van der Waals surface area contributed by atoms with Crippen molar-refractivity contribution in [2.75, 3.05) is 5.33 Å². The summed E-state index contributed by atoms with van der Waals surface area (Å²) in [4.78, 5) is 26.6. The first-order valence-electron chi connectivity index (χ1n) is 16.9. The maximum atomic E-state index is 14.4. The van der Waals surface area contributed by atoms with Gasteiger partial charge in [-0.3, -0.25) is 4.79 Å². The lowest BCUT2D eigenvalue weighted by atomic mass is 9.32. The van der Waals surface area contributed by atoms with Gasteiger partial charge in [0.15, 0.2) is 0 Å². The molecule has 11 atom stereocenters. The molecule has 42 heavy (non-hydrogen) atoms. The first kappa shape index (κ1) is 32.5. The van der Waals surface area contributed by atoms with Gasteiger partial charge in [0.05, 0.1) is 11.5 Å². The van der Waals surface area contributed by atoms with Crippen molar-refractivity contribution < 1.29 is 19.8 Å². The van der Waals surface area contributed by atoms with Crippen LogP contribution in [0.1, 0.15) is 119 Å². The Kier molecular flexibility index (Phi) is 8.42. The highest BCUT2D eigenvalue weighted by Crippen LogP contribution is 2.77. The maximum absolute atomic E-state index is 14.4. The van der Waals surface area contributed by atoms with E-state index in [1.807, 2.05) is 13.8 Å². The zero-order chi connectivity index (χ0) is 31.0. The van der Waals surface area contributed by atoms with Crippen molar-refractivity contribution >= 4 is 27.8 Å². The molecule has 5 aliphatic carbocycles. The number of carbonyl (C=O) groups excluding carboxylic acids is 1. The van der Waals surface area contributed by atoms with E-state index in [0.717, 1.165) is 50.3 Å². The third-order valence-corrected chi connectivity index (χ3v) is 15.6. The number of aliphatic hydroxyl groups is 1. The Bertz CT molecular complexity index is 1100. The molecule has 0 saturated heterocycles. The average Bonchev–Trinajstić information content (AvgIpc) is 3.31. The number of aliphatic carboxylic acids is 1. The van der Waals surface area contributed by atoms with Crippen LogP contribution in [0.15, 0.2) is 12.2 Å². The van der Waals surface area contributed by atoms with Crippen LogP contribution in [0.3, 0.4) is 0 Å². The number of allylic oxidation sites excluding steroid dienone is 1. The van der Waals surface area contributed by atoms with Crippen molar-refractivity contribution in [1.82, 2.24) is 5.32 Å². The summed E-state index contributed by atoms with van der Waals surface area (Å²) < 4.78 is 0. The van der Waals surface area contributed by atoms with E-state index in [4.69, 9.17) is 0 Å². The number of carboxylic acid groups (broad SMARTS) is 1. The maximum Gasteiger partial charge on any atom is 0.326 e. The molecule has 0 unspecified atom stereocenters. The van der Waals surface area contributed by atoms with Crippen LogP contribution in [0.4, 0.5) is 0 Å². The lowest BCUT2D eigenvalue weighted by Crippen LogP contribution is -2.67. The zero-order valence-electron chi connectivity index (χ0n) is 27.4. The second-order valence-electron chi connectivity index (χ2n) is 17.2. The van der Waals surface area contributed by atoms with E-state index in [2.05, 4.69) is 62.4 Å². The van der Waals surface area contributed by atoms with E-state index in [9.17, 15) is 19.8 Å². The van der Waals surface area contributed by atoms with Crippen LogP contribution in [0.5, 0.6) is 0 Å². The number of carboxylic acids is 1. The van der Waals surface area contributed by atoms with Crippen LogP contribution in [-0.2, 0) is 9.59 Å². The Morgan fingerprint density at radius 1 is 0.905 bits per heavy atom. The molecule has 5 saturated carbocycles. The van der Waals surface area contributed by atoms with Crippen molar-refractivity contribution in [3.63, 3.8) is 0 Å². The van der Waals surface area contributed by atoms with Gasteiger partial charge in [0.1, 0.15) is 6.04 Å². The van der Waals surface area contributed by atoms with Crippen molar-refractivity contribution in [2.24, 2.45) is 62.6 Å². The fraction of sp³-hybridized carbons (Fsp3) is 0.889. The minimum atomic E-state index is -0.927. The molecule has 5 fully saturated rings. The molecule has 0 spiro atoms. The molecule has 0 aliphatic heterocycles. The largest absolute Gasteiger partial charge is 0.480 e. The molecule has 0 aromatic rings. The molecule has 0 bridgehead atoms. The highest BCUT2D eigenvalue weighted by atomic mass is 79.9. The number of aliphatic hydroxyl groups excluding tert-OH is 1. The summed E-state index contributed by atoms with van der Waals surface area (Å²) in [7, 11) is 0. The van der Waals surface area contributed by atoms with Gasteiger partial charge in [0.25, 0.3) is 0 Å². The smallest absolute Gasteiger partial charge is 0.326 e. The van der Waals surface area contributed by atoms with Crippen molar-refractivity contribution in [2.45, 2.75) is 131 Å². The first-order chi connectivity index (χ1) is 19.5. The molecule has 5 rings (SSSR count). The van der Waals surface area contributed by atoms with Crippen molar-refractivity contribution in [1.29, 1.82) is 0 Å². The predicted molar refractivity (Wildman–Crippen MR) is 172 cm³/mol. The molecule has 0 aromatic heterocycles. The van der Waals surface area contributed by atoms with Gasteiger partial charge in [-0.25, -0.2) is 4.79 Å². The Morgan fingerprint density at radius 2 is 1.60 bits per heavy atom. The Morgan fingerprint density at radius 3 is 2.21 bits per heavy atom. The van der Waals surface area contributed by atoms with Crippen LogP contribution in [0.25, 0.3) is 0 Å². The van der Waals surface area contributed by atoms with Crippen LogP contribution < -0.4 is 5.32 Å². The van der Waals surface area contributed by atoms with E-state index < -0.39 is 17.4 Å². The normalized spacial score (nSPS) is 46.5. The predicted octanol–water partition coefficient (Wildman–Crippen LogP) is 8.00. The number of fused-ring (bicyclic) bond motifs is 7. The molecule has 1 amide bonds.